The van der Waals surface area contributed by atoms with Crippen molar-refractivity contribution in [3.05, 3.63) is 35.7 Å². The Bertz CT molecular complexity index is 470. The quantitative estimate of drug-likeness (QED) is 0.839. The van der Waals surface area contributed by atoms with Gasteiger partial charge in [0.15, 0.2) is 5.13 Å². The van der Waals surface area contributed by atoms with Crippen LogP contribution in [-0.4, -0.2) is 22.7 Å². The fraction of sp³-hybridized carbons (Fsp3) is 0.357. The van der Waals surface area contributed by atoms with Crippen LogP contribution in [0.2, 0.25) is 0 Å². The minimum Gasteiger partial charge on any atom is -0.391 e. The molecule has 0 saturated carbocycles. The Morgan fingerprint density at radius 2 is 2.11 bits per heavy atom. The molecule has 0 bridgehead atoms. The number of benzene rings is 1. The molecule has 4 heteroatoms. The smallest absolute Gasteiger partial charge is 0.183 e. The van der Waals surface area contributed by atoms with E-state index in [9.17, 15) is 5.11 Å². The van der Waals surface area contributed by atoms with Gasteiger partial charge in [-0.25, -0.2) is 4.98 Å². The molecule has 0 spiro atoms. The molecule has 3 nitrogen and oxygen atoms in total. The summed E-state index contributed by atoms with van der Waals surface area (Å²) in [6.45, 7) is 2.63. The molecule has 1 heterocycles. The van der Waals surface area contributed by atoms with Crippen molar-refractivity contribution < 1.29 is 5.11 Å². The average molecular weight is 262 g/mol. The molecule has 1 aromatic heterocycles. The molecule has 0 radical (unpaired) electrons. The number of aliphatic hydroxyl groups is 1. The van der Waals surface area contributed by atoms with E-state index in [0.29, 0.717) is 6.54 Å². The van der Waals surface area contributed by atoms with Gasteiger partial charge in [0.2, 0.25) is 0 Å². The fourth-order valence-electron chi connectivity index (χ4n) is 1.74. The summed E-state index contributed by atoms with van der Waals surface area (Å²) in [5.74, 6) is 0. The Kier molecular flexibility index (Phi) is 4.73. The second-order valence-electron chi connectivity index (χ2n) is 4.23. The summed E-state index contributed by atoms with van der Waals surface area (Å²) in [7, 11) is 0. The van der Waals surface area contributed by atoms with Crippen molar-refractivity contribution in [1.29, 1.82) is 0 Å². The van der Waals surface area contributed by atoms with Gasteiger partial charge in [0, 0.05) is 17.5 Å². The Hall–Kier alpha value is -1.39. The number of hydrogen-bond acceptors (Lipinski definition) is 4. The molecule has 18 heavy (non-hydrogen) atoms. The predicted octanol–water partition coefficient (Wildman–Crippen LogP) is 3.38. The van der Waals surface area contributed by atoms with Crippen molar-refractivity contribution in [1.82, 2.24) is 4.98 Å². The van der Waals surface area contributed by atoms with Crippen molar-refractivity contribution in [3.63, 3.8) is 0 Å². The summed E-state index contributed by atoms with van der Waals surface area (Å²) in [6.07, 6.45) is 1.53. The molecule has 1 atom stereocenters. The topological polar surface area (TPSA) is 45.1 Å². The van der Waals surface area contributed by atoms with E-state index in [0.717, 1.165) is 29.2 Å². The van der Waals surface area contributed by atoms with Gasteiger partial charge in [0.05, 0.1) is 11.8 Å². The fourth-order valence-corrected chi connectivity index (χ4v) is 2.47. The largest absolute Gasteiger partial charge is 0.391 e. The third kappa shape index (κ3) is 3.55. The zero-order valence-electron chi connectivity index (χ0n) is 10.5. The maximum absolute atomic E-state index is 9.65. The zero-order valence-corrected chi connectivity index (χ0v) is 11.3. The molecule has 0 aliphatic heterocycles. The number of thiazole rings is 1. The molecule has 0 fully saturated rings. The van der Waals surface area contributed by atoms with Gasteiger partial charge < -0.3 is 10.4 Å². The van der Waals surface area contributed by atoms with Gasteiger partial charge in [-0.2, -0.15) is 0 Å². The Morgan fingerprint density at radius 3 is 2.83 bits per heavy atom. The monoisotopic (exact) mass is 262 g/mol. The minimum atomic E-state index is -0.293. The van der Waals surface area contributed by atoms with Crippen LogP contribution in [0.25, 0.3) is 11.3 Å². The molecule has 96 valence electrons. The third-order valence-electron chi connectivity index (χ3n) is 2.68. The zero-order chi connectivity index (χ0) is 12.8. The summed E-state index contributed by atoms with van der Waals surface area (Å²) in [5.41, 5.74) is 2.10. The minimum absolute atomic E-state index is 0.293. The number of nitrogens with one attached hydrogen (secondary N) is 1. The molecule has 2 N–H and O–H groups in total. The van der Waals surface area contributed by atoms with Crippen molar-refractivity contribution >= 4 is 16.5 Å². The molecule has 1 aromatic carbocycles. The van der Waals surface area contributed by atoms with Crippen LogP contribution >= 0.6 is 11.3 Å². The lowest BCUT2D eigenvalue weighted by Gasteiger charge is -2.09. The molecule has 1 unspecified atom stereocenters. The summed E-state index contributed by atoms with van der Waals surface area (Å²) in [6, 6.07) is 10.1. The third-order valence-corrected chi connectivity index (χ3v) is 3.48. The van der Waals surface area contributed by atoms with Crippen LogP contribution in [-0.2, 0) is 0 Å². The Labute approximate surface area is 112 Å². The van der Waals surface area contributed by atoms with Gasteiger partial charge in [-0.1, -0.05) is 43.7 Å². The first-order chi connectivity index (χ1) is 8.79. The highest BCUT2D eigenvalue weighted by Crippen LogP contribution is 2.24. The highest BCUT2D eigenvalue weighted by Gasteiger charge is 2.06. The van der Waals surface area contributed by atoms with Crippen molar-refractivity contribution in [2.24, 2.45) is 0 Å². The van der Waals surface area contributed by atoms with E-state index in [1.54, 1.807) is 11.3 Å². The summed E-state index contributed by atoms with van der Waals surface area (Å²) >= 11 is 1.57. The highest BCUT2D eigenvalue weighted by atomic mass is 32.1. The molecule has 0 aliphatic rings. The van der Waals surface area contributed by atoms with Gasteiger partial charge in [-0.05, 0) is 6.42 Å². The van der Waals surface area contributed by atoms with Gasteiger partial charge in [0.25, 0.3) is 0 Å². The predicted molar refractivity (Wildman–Crippen MR) is 77.0 cm³/mol. The van der Waals surface area contributed by atoms with E-state index in [1.807, 2.05) is 35.7 Å². The van der Waals surface area contributed by atoms with Crippen LogP contribution < -0.4 is 5.32 Å². The molecular weight excluding hydrogens is 244 g/mol. The molecule has 0 amide bonds. The Morgan fingerprint density at radius 1 is 1.33 bits per heavy atom. The second-order valence-corrected chi connectivity index (χ2v) is 5.09. The van der Waals surface area contributed by atoms with E-state index in [1.165, 1.54) is 0 Å². The molecule has 2 aromatic rings. The van der Waals surface area contributed by atoms with E-state index in [2.05, 4.69) is 17.2 Å². The molecular formula is C14H18N2OS. The maximum atomic E-state index is 9.65. The number of anilines is 1. The lowest BCUT2D eigenvalue weighted by molar-refractivity contribution is 0.176. The van der Waals surface area contributed by atoms with E-state index < -0.39 is 0 Å². The van der Waals surface area contributed by atoms with Gasteiger partial charge in [-0.15, -0.1) is 11.3 Å². The first kappa shape index (κ1) is 13.1. The lowest BCUT2D eigenvalue weighted by Crippen LogP contribution is -2.18. The number of aliphatic hydroxyl groups excluding tert-OH is 1. The standard InChI is InChI=1S/C14H18N2OS/c1-2-6-12(17)9-15-14-16-13(10-18-14)11-7-4-3-5-8-11/h3-5,7-8,10,12,17H,2,6,9H2,1H3,(H,15,16). The van der Waals surface area contributed by atoms with Crippen molar-refractivity contribution in [2.75, 3.05) is 11.9 Å². The van der Waals surface area contributed by atoms with E-state index in [-0.39, 0.29) is 6.10 Å². The van der Waals surface area contributed by atoms with Gasteiger partial charge >= 0.3 is 0 Å². The van der Waals surface area contributed by atoms with E-state index >= 15 is 0 Å². The van der Waals surface area contributed by atoms with Gasteiger partial charge in [0.1, 0.15) is 0 Å². The first-order valence-corrected chi connectivity index (χ1v) is 7.10. The summed E-state index contributed by atoms with van der Waals surface area (Å²) < 4.78 is 0. The lowest BCUT2D eigenvalue weighted by atomic mass is 10.2. The van der Waals surface area contributed by atoms with Crippen LogP contribution in [0.3, 0.4) is 0 Å². The highest BCUT2D eigenvalue weighted by molar-refractivity contribution is 7.14. The normalized spacial score (nSPS) is 12.3. The number of nitrogens with zero attached hydrogens (tertiary/aromatic N) is 1. The summed E-state index contributed by atoms with van der Waals surface area (Å²) in [4.78, 5) is 4.51. The second kappa shape index (κ2) is 6.52. The average Bonchev–Trinajstić information content (AvgIpc) is 2.87. The number of rotatable bonds is 6. The summed E-state index contributed by atoms with van der Waals surface area (Å²) in [5, 5.41) is 15.7. The van der Waals surface area contributed by atoms with Gasteiger partial charge in [-0.3, -0.25) is 0 Å². The van der Waals surface area contributed by atoms with Crippen LogP contribution in [0.4, 0.5) is 5.13 Å². The van der Waals surface area contributed by atoms with Crippen LogP contribution in [0, 0.1) is 0 Å². The number of hydrogen-bond donors (Lipinski definition) is 2. The molecule has 2 rings (SSSR count). The SMILES string of the molecule is CCCC(O)CNc1nc(-c2ccccc2)cs1. The van der Waals surface area contributed by atoms with Crippen LogP contribution in [0.15, 0.2) is 35.7 Å². The molecule has 0 saturated heterocycles. The Balaban J connectivity index is 1.95. The number of aromatic nitrogens is 1. The van der Waals surface area contributed by atoms with Crippen LogP contribution in [0.5, 0.6) is 0 Å². The van der Waals surface area contributed by atoms with Crippen molar-refractivity contribution in [2.45, 2.75) is 25.9 Å². The van der Waals surface area contributed by atoms with Crippen molar-refractivity contribution in [3.8, 4) is 11.3 Å². The first-order valence-electron chi connectivity index (χ1n) is 6.22. The van der Waals surface area contributed by atoms with Crippen LogP contribution in [0.1, 0.15) is 19.8 Å². The maximum Gasteiger partial charge on any atom is 0.183 e. The van der Waals surface area contributed by atoms with E-state index in [4.69, 9.17) is 0 Å². The molecule has 0 aliphatic carbocycles.